The molecular formula is C32H38N8O4. The van der Waals surface area contributed by atoms with E-state index in [0.29, 0.717) is 36.5 Å². The van der Waals surface area contributed by atoms with E-state index in [0.717, 1.165) is 48.1 Å². The quantitative estimate of drug-likeness (QED) is 0.127. The summed E-state index contributed by atoms with van der Waals surface area (Å²) in [7, 11) is 7.26. The second-order valence-corrected chi connectivity index (χ2v) is 11.2. The third kappa shape index (κ3) is 6.50. The normalized spacial score (nSPS) is 12.7. The summed E-state index contributed by atoms with van der Waals surface area (Å²) in [6, 6.07) is 9.49. The number of nitrogens with zero attached hydrogens (tertiary/aromatic N) is 6. The van der Waals surface area contributed by atoms with Crippen LogP contribution in [0.1, 0.15) is 24.0 Å². The van der Waals surface area contributed by atoms with Gasteiger partial charge in [0.1, 0.15) is 11.4 Å². The lowest BCUT2D eigenvalue weighted by molar-refractivity contribution is -0.384. The van der Waals surface area contributed by atoms with Crippen molar-refractivity contribution in [2.45, 2.75) is 32.2 Å². The molecule has 0 atom stereocenters. The zero-order chi connectivity index (χ0) is 31.4. The standard InChI is InChI=1S/C32H38N8O4/c1-37(2)15-16-38(3)26-18-28(44-4)25(17-27(26)40(42)43)35-32-34-19-22(9-5-6-13-29(33)41)30(36-32)24-20-39-14-8-11-21-10-7-12-23(24)31(21)39/h6-7,10,12-13,17-20H,5,8-9,11,14-16H2,1-4H3,(H2,33,41)(H,34,35,36)/b13-6+. The highest BCUT2D eigenvalue weighted by molar-refractivity contribution is 5.98. The van der Waals surface area contributed by atoms with Gasteiger partial charge in [-0.05, 0) is 57.0 Å². The number of nitro groups is 1. The Kier molecular flexibility index (Phi) is 9.09. The van der Waals surface area contributed by atoms with Crippen molar-refractivity contribution in [3.8, 4) is 17.0 Å². The monoisotopic (exact) mass is 598 g/mol. The van der Waals surface area contributed by atoms with Crippen LogP contribution < -0.4 is 20.7 Å². The fourth-order valence-corrected chi connectivity index (χ4v) is 5.63. The Morgan fingerprint density at radius 1 is 1.25 bits per heavy atom. The minimum Gasteiger partial charge on any atom is -0.494 e. The van der Waals surface area contributed by atoms with Crippen LogP contribution in [0, 0.1) is 10.1 Å². The van der Waals surface area contributed by atoms with Gasteiger partial charge in [-0.15, -0.1) is 0 Å². The lowest BCUT2D eigenvalue weighted by Crippen LogP contribution is -2.28. The number of carbonyl (C=O) groups excluding carboxylic acids is 1. The first-order chi connectivity index (χ1) is 21.2. The van der Waals surface area contributed by atoms with Crippen molar-refractivity contribution in [2.75, 3.05) is 51.6 Å². The molecule has 1 aliphatic heterocycles. The number of aryl methyl sites for hydroxylation is 3. The van der Waals surface area contributed by atoms with Crippen molar-refractivity contribution >= 4 is 39.8 Å². The number of amides is 1. The molecule has 1 aliphatic rings. The average molecular weight is 599 g/mol. The number of aromatic nitrogens is 3. The van der Waals surface area contributed by atoms with E-state index in [1.54, 1.807) is 18.3 Å². The van der Waals surface area contributed by atoms with E-state index in [2.05, 4.69) is 39.3 Å². The number of carbonyl (C=O) groups is 1. The van der Waals surface area contributed by atoms with Gasteiger partial charge >= 0.3 is 0 Å². The van der Waals surface area contributed by atoms with Crippen LogP contribution in [0.3, 0.4) is 0 Å². The highest BCUT2D eigenvalue weighted by atomic mass is 16.6. The number of benzene rings is 2. The van der Waals surface area contributed by atoms with Gasteiger partial charge in [-0.1, -0.05) is 24.3 Å². The Balaban J connectivity index is 1.56. The summed E-state index contributed by atoms with van der Waals surface area (Å²) in [5.74, 6) is 0.220. The van der Waals surface area contributed by atoms with E-state index >= 15 is 0 Å². The summed E-state index contributed by atoms with van der Waals surface area (Å²) >= 11 is 0. The minimum atomic E-state index is -0.493. The number of nitrogens with two attached hydrogens (primary N) is 1. The Morgan fingerprint density at radius 2 is 2.07 bits per heavy atom. The number of hydrogen-bond donors (Lipinski definition) is 2. The first kappa shape index (κ1) is 30.5. The zero-order valence-corrected chi connectivity index (χ0v) is 25.5. The van der Waals surface area contributed by atoms with Gasteiger partial charge < -0.3 is 30.2 Å². The summed E-state index contributed by atoms with van der Waals surface area (Å²) < 4.78 is 7.95. The molecule has 12 heteroatoms. The molecule has 4 aromatic rings. The van der Waals surface area contributed by atoms with Gasteiger partial charge in [-0.3, -0.25) is 14.9 Å². The molecule has 0 unspecified atom stereocenters. The fraction of sp³-hybridized carbons (Fsp3) is 0.344. The smallest absolute Gasteiger partial charge is 0.294 e. The van der Waals surface area contributed by atoms with Crippen molar-refractivity contribution < 1.29 is 14.5 Å². The van der Waals surface area contributed by atoms with Crippen molar-refractivity contribution in [1.82, 2.24) is 19.4 Å². The van der Waals surface area contributed by atoms with Crippen LogP contribution in [0.25, 0.3) is 22.2 Å². The molecule has 12 nitrogen and oxygen atoms in total. The topological polar surface area (TPSA) is 145 Å². The molecule has 0 spiro atoms. The fourth-order valence-electron chi connectivity index (χ4n) is 5.63. The van der Waals surface area contributed by atoms with Crippen LogP contribution in [0.15, 0.2) is 54.9 Å². The van der Waals surface area contributed by atoms with E-state index in [1.807, 2.05) is 30.9 Å². The van der Waals surface area contributed by atoms with Crippen LogP contribution >= 0.6 is 0 Å². The summed E-state index contributed by atoms with van der Waals surface area (Å²) in [6.07, 6.45) is 10.3. The number of anilines is 3. The Hall–Kier alpha value is -4.97. The number of ether oxygens (including phenoxy) is 1. The summed E-state index contributed by atoms with van der Waals surface area (Å²) in [5.41, 5.74) is 11.2. The summed E-state index contributed by atoms with van der Waals surface area (Å²) in [4.78, 5) is 36.4. The Labute approximate surface area is 256 Å². The molecule has 230 valence electrons. The lowest BCUT2D eigenvalue weighted by atomic mass is 9.99. The molecule has 0 aliphatic carbocycles. The molecule has 0 radical (unpaired) electrons. The van der Waals surface area contributed by atoms with E-state index in [9.17, 15) is 14.9 Å². The van der Waals surface area contributed by atoms with Gasteiger partial charge in [0.25, 0.3) is 5.69 Å². The average Bonchev–Trinajstić information content (AvgIpc) is 3.38. The molecule has 0 saturated heterocycles. The molecule has 0 bridgehead atoms. The number of methoxy groups -OCH3 is 1. The van der Waals surface area contributed by atoms with Gasteiger partial charge in [0, 0.05) is 62.2 Å². The highest BCUT2D eigenvalue weighted by Crippen LogP contribution is 2.40. The van der Waals surface area contributed by atoms with E-state index in [4.69, 9.17) is 15.5 Å². The number of allylic oxidation sites excluding steroid dienone is 1. The van der Waals surface area contributed by atoms with Crippen LogP contribution in [-0.4, -0.2) is 71.6 Å². The number of rotatable bonds is 13. The van der Waals surface area contributed by atoms with Crippen molar-refractivity contribution in [3.05, 3.63) is 76.1 Å². The van der Waals surface area contributed by atoms with Crippen LogP contribution in [0.4, 0.5) is 23.0 Å². The lowest BCUT2D eigenvalue weighted by Gasteiger charge is -2.22. The second kappa shape index (κ2) is 13.1. The number of para-hydroxylation sites is 1. The second-order valence-electron chi connectivity index (χ2n) is 11.2. The summed E-state index contributed by atoms with van der Waals surface area (Å²) in [5, 5.41) is 16.4. The number of primary amides is 1. The highest BCUT2D eigenvalue weighted by Gasteiger charge is 2.24. The van der Waals surface area contributed by atoms with E-state index in [1.165, 1.54) is 30.3 Å². The molecule has 3 N–H and O–H groups in total. The predicted octanol–water partition coefficient (Wildman–Crippen LogP) is 4.68. The van der Waals surface area contributed by atoms with Crippen LogP contribution in [0.2, 0.25) is 0 Å². The number of nitro benzene ring substituents is 1. The maximum atomic E-state index is 12.1. The third-order valence-electron chi connectivity index (χ3n) is 7.84. The maximum Gasteiger partial charge on any atom is 0.294 e. The van der Waals surface area contributed by atoms with Gasteiger partial charge in [0.05, 0.1) is 28.9 Å². The third-order valence-corrected chi connectivity index (χ3v) is 7.84. The molecule has 2 aromatic carbocycles. The molecule has 2 aromatic heterocycles. The molecular weight excluding hydrogens is 560 g/mol. The minimum absolute atomic E-state index is 0.0540. The predicted molar refractivity (Wildman–Crippen MR) is 173 cm³/mol. The van der Waals surface area contributed by atoms with E-state index < -0.39 is 10.8 Å². The first-order valence-electron chi connectivity index (χ1n) is 14.6. The molecule has 5 rings (SSSR count). The SMILES string of the molecule is COc1cc(N(C)CCN(C)C)c([N+](=O)[O-])cc1Nc1ncc(CC/C=C/C(N)=O)c(-c2cn3c4c(cccc24)CCC3)n1. The van der Waals surface area contributed by atoms with Gasteiger partial charge in [-0.25, -0.2) is 9.97 Å². The van der Waals surface area contributed by atoms with Gasteiger partial charge in [0.15, 0.2) is 0 Å². The molecule has 0 fully saturated rings. The molecule has 44 heavy (non-hydrogen) atoms. The maximum absolute atomic E-state index is 12.1. The van der Waals surface area contributed by atoms with Gasteiger partial charge in [-0.2, -0.15) is 0 Å². The molecule has 1 amide bonds. The van der Waals surface area contributed by atoms with Crippen LogP contribution in [-0.2, 0) is 24.2 Å². The van der Waals surface area contributed by atoms with Gasteiger partial charge in [0.2, 0.25) is 11.9 Å². The summed E-state index contributed by atoms with van der Waals surface area (Å²) in [6.45, 7) is 2.26. The molecule has 3 heterocycles. The first-order valence-corrected chi connectivity index (χ1v) is 14.6. The number of likely N-dealkylation sites (N-methyl/N-ethyl adjacent to an activating group) is 2. The largest absolute Gasteiger partial charge is 0.494 e. The van der Waals surface area contributed by atoms with Crippen LogP contribution in [0.5, 0.6) is 5.75 Å². The Bertz CT molecular complexity index is 1730. The molecule has 0 saturated carbocycles. The zero-order valence-electron chi connectivity index (χ0n) is 25.5. The van der Waals surface area contributed by atoms with E-state index in [-0.39, 0.29) is 11.6 Å². The number of hydrogen-bond acceptors (Lipinski definition) is 9. The number of nitrogens with one attached hydrogen (secondary N) is 1. The van der Waals surface area contributed by atoms with Crippen molar-refractivity contribution in [1.29, 1.82) is 0 Å². The Morgan fingerprint density at radius 3 is 2.80 bits per heavy atom. The van der Waals surface area contributed by atoms with Crippen molar-refractivity contribution in [2.24, 2.45) is 5.73 Å². The van der Waals surface area contributed by atoms with Crippen molar-refractivity contribution in [3.63, 3.8) is 0 Å².